The fraction of sp³-hybridized carbons (Fsp3) is 0.321. The number of hydrogen-bond donors (Lipinski definition) is 2. The highest BCUT2D eigenvalue weighted by Gasteiger charge is 2.33. The number of likely N-dealkylation sites (tertiary alicyclic amines) is 1. The molecule has 4 aromatic rings. The molecule has 2 N–H and O–H groups in total. The Bertz CT molecular complexity index is 1530. The number of aromatic nitrogens is 4. The van der Waals surface area contributed by atoms with Gasteiger partial charge in [-0.15, -0.1) is 0 Å². The second-order valence-electron chi connectivity index (χ2n) is 9.86. The predicted molar refractivity (Wildman–Crippen MR) is 144 cm³/mol. The van der Waals surface area contributed by atoms with Gasteiger partial charge in [0, 0.05) is 46.3 Å². The molecule has 0 saturated carbocycles. The molecule has 1 aliphatic rings. The number of halogens is 3. The number of alkyl halides is 3. The van der Waals surface area contributed by atoms with Crippen molar-refractivity contribution in [2.24, 2.45) is 0 Å². The maximum Gasteiger partial charge on any atom is 0.433 e. The number of hydrogen-bond acceptors (Lipinski definition) is 7. The number of rotatable bonds is 5. The number of piperidine rings is 1. The van der Waals surface area contributed by atoms with Gasteiger partial charge in [0.1, 0.15) is 5.69 Å². The molecule has 11 heteroatoms. The molecule has 1 amide bonds. The monoisotopic (exact) mass is 535 g/mol. The number of anilines is 2. The zero-order valence-electron chi connectivity index (χ0n) is 21.8. The highest BCUT2D eigenvalue weighted by Crippen LogP contribution is 2.32. The summed E-state index contributed by atoms with van der Waals surface area (Å²) in [5.74, 6) is -0.105. The van der Waals surface area contributed by atoms with Crippen LogP contribution in [0, 0.1) is 13.8 Å². The van der Waals surface area contributed by atoms with E-state index in [9.17, 15) is 18.0 Å². The van der Waals surface area contributed by atoms with Gasteiger partial charge in [-0.3, -0.25) is 9.78 Å². The third kappa shape index (κ3) is 5.98. The van der Waals surface area contributed by atoms with Crippen LogP contribution in [0.2, 0.25) is 0 Å². The Morgan fingerprint density at radius 2 is 1.77 bits per heavy atom. The summed E-state index contributed by atoms with van der Waals surface area (Å²) >= 11 is 0. The van der Waals surface area contributed by atoms with Crippen LogP contribution in [0.5, 0.6) is 0 Å². The number of carbonyl (C=O) groups is 1. The number of nitrogens with one attached hydrogen (secondary N) is 2. The Morgan fingerprint density at radius 3 is 2.51 bits per heavy atom. The lowest BCUT2D eigenvalue weighted by Gasteiger charge is -2.29. The Kier molecular flexibility index (Phi) is 7.17. The van der Waals surface area contributed by atoms with E-state index in [1.165, 1.54) is 6.07 Å². The minimum absolute atomic E-state index is 0.134. The van der Waals surface area contributed by atoms with Crippen LogP contribution in [0.3, 0.4) is 0 Å². The summed E-state index contributed by atoms with van der Waals surface area (Å²) in [6.45, 7) is 5.89. The number of fused-ring (bicyclic) bond motifs is 1. The van der Waals surface area contributed by atoms with Crippen LogP contribution in [0.1, 0.15) is 40.2 Å². The molecule has 4 heterocycles. The Morgan fingerprint density at radius 1 is 1.00 bits per heavy atom. The molecule has 0 aliphatic carbocycles. The fourth-order valence-corrected chi connectivity index (χ4v) is 4.65. The topological polar surface area (TPSA) is 95.9 Å². The molecule has 1 aliphatic heterocycles. The molecular weight excluding hydrogens is 507 g/mol. The fourth-order valence-electron chi connectivity index (χ4n) is 4.65. The quantitative estimate of drug-likeness (QED) is 0.349. The summed E-state index contributed by atoms with van der Waals surface area (Å²) in [7, 11) is 2.12. The standard InChI is InChI=1S/C28H28F3N7O/c1-16-4-5-21(35-26(39)18-6-9-32-24(13-18)28(29,30)31)14-22(16)23-12-19-15-33-27(37-25(19)34-17(23)2)36-20-7-10-38(3)11-8-20/h4-6,9,12-15,20H,7-8,10-11H2,1-3H3,(H,35,39)(H,33,34,36,37). The van der Waals surface area contributed by atoms with Gasteiger partial charge < -0.3 is 15.5 Å². The lowest BCUT2D eigenvalue weighted by molar-refractivity contribution is -0.141. The van der Waals surface area contributed by atoms with Gasteiger partial charge in [0.15, 0.2) is 5.65 Å². The maximum absolute atomic E-state index is 13.0. The van der Waals surface area contributed by atoms with Gasteiger partial charge in [0.2, 0.25) is 5.95 Å². The number of amides is 1. The van der Waals surface area contributed by atoms with E-state index in [4.69, 9.17) is 4.98 Å². The van der Waals surface area contributed by atoms with Crippen molar-refractivity contribution in [3.8, 4) is 11.1 Å². The van der Waals surface area contributed by atoms with E-state index in [1.807, 2.05) is 26.0 Å². The number of benzene rings is 1. The molecule has 0 bridgehead atoms. The van der Waals surface area contributed by atoms with Crippen molar-refractivity contribution in [2.75, 3.05) is 30.8 Å². The van der Waals surface area contributed by atoms with Crippen molar-refractivity contribution in [2.45, 2.75) is 38.9 Å². The van der Waals surface area contributed by atoms with Crippen LogP contribution in [0.25, 0.3) is 22.2 Å². The van der Waals surface area contributed by atoms with Crippen molar-refractivity contribution >= 4 is 28.6 Å². The average Bonchev–Trinajstić information content (AvgIpc) is 2.90. The van der Waals surface area contributed by atoms with Crippen molar-refractivity contribution < 1.29 is 18.0 Å². The Balaban J connectivity index is 1.39. The summed E-state index contributed by atoms with van der Waals surface area (Å²) in [6.07, 6.45) is 0.138. The van der Waals surface area contributed by atoms with Crippen molar-refractivity contribution in [1.82, 2.24) is 24.8 Å². The highest BCUT2D eigenvalue weighted by atomic mass is 19.4. The lowest BCUT2D eigenvalue weighted by Crippen LogP contribution is -2.37. The first kappa shape index (κ1) is 26.5. The summed E-state index contributed by atoms with van der Waals surface area (Å²) in [6, 6.07) is 9.59. The smallest absolute Gasteiger partial charge is 0.351 e. The second kappa shape index (κ2) is 10.6. The largest absolute Gasteiger partial charge is 0.433 e. The van der Waals surface area contributed by atoms with E-state index in [0.717, 1.165) is 66.0 Å². The van der Waals surface area contributed by atoms with E-state index < -0.39 is 17.8 Å². The summed E-state index contributed by atoms with van der Waals surface area (Å²) in [4.78, 5) is 32.2. The van der Waals surface area contributed by atoms with Crippen LogP contribution in [-0.4, -0.2) is 56.9 Å². The number of nitrogens with zero attached hydrogens (tertiary/aromatic N) is 5. The molecule has 1 aromatic carbocycles. The molecule has 0 radical (unpaired) electrons. The average molecular weight is 536 g/mol. The highest BCUT2D eigenvalue weighted by molar-refractivity contribution is 6.04. The van der Waals surface area contributed by atoms with E-state index in [0.29, 0.717) is 23.3 Å². The Hall–Kier alpha value is -4.12. The van der Waals surface area contributed by atoms with Crippen molar-refractivity contribution in [3.63, 3.8) is 0 Å². The summed E-state index contributed by atoms with van der Waals surface area (Å²) in [5.41, 5.74) is 3.15. The first-order valence-electron chi connectivity index (χ1n) is 12.6. The first-order valence-corrected chi connectivity index (χ1v) is 12.6. The predicted octanol–water partition coefficient (Wildman–Crippen LogP) is 5.48. The lowest BCUT2D eigenvalue weighted by atomic mass is 9.98. The van der Waals surface area contributed by atoms with E-state index >= 15 is 0 Å². The molecule has 0 unspecified atom stereocenters. The van der Waals surface area contributed by atoms with Crippen LogP contribution < -0.4 is 10.6 Å². The molecule has 202 valence electrons. The minimum Gasteiger partial charge on any atom is -0.351 e. The first-order chi connectivity index (χ1) is 18.6. The van der Waals surface area contributed by atoms with Gasteiger partial charge in [-0.1, -0.05) is 6.07 Å². The third-order valence-electron chi connectivity index (χ3n) is 6.91. The molecule has 5 rings (SSSR count). The van der Waals surface area contributed by atoms with Gasteiger partial charge in [-0.2, -0.15) is 18.2 Å². The molecule has 1 saturated heterocycles. The molecule has 1 fully saturated rings. The maximum atomic E-state index is 13.0. The summed E-state index contributed by atoms with van der Waals surface area (Å²) in [5, 5.41) is 6.89. The van der Waals surface area contributed by atoms with Crippen LogP contribution in [0.15, 0.2) is 48.8 Å². The SMILES string of the molecule is Cc1ccc(NC(=O)c2ccnc(C(F)(F)F)c2)cc1-c1cc2cnc(NC3CCN(C)CC3)nc2nc1C. The third-order valence-corrected chi connectivity index (χ3v) is 6.91. The number of aryl methyl sites for hydroxylation is 2. The molecule has 0 spiro atoms. The van der Waals surface area contributed by atoms with E-state index in [-0.39, 0.29) is 5.56 Å². The molecule has 39 heavy (non-hydrogen) atoms. The van der Waals surface area contributed by atoms with Crippen LogP contribution in [0.4, 0.5) is 24.8 Å². The minimum atomic E-state index is -4.64. The molecule has 3 aromatic heterocycles. The van der Waals surface area contributed by atoms with Crippen molar-refractivity contribution in [3.05, 3.63) is 71.3 Å². The van der Waals surface area contributed by atoms with Crippen LogP contribution in [-0.2, 0) is 6.18 Å². The van der Waals surface area contributed by atoms with E-state index in [2.05, 4.69) is 37.5 Å². The summed E-state index contributed by atoms with van der Waals surface area (Å²) < 4.78 is 39.1. The van der Waals surface area contributed by atoms with Gasteiger partial charge in [0.05, 0.1) is 0 Å². The Labute approximate surface area is 223 Å². The molecular formula is C28H28F3N7O. The van der Waals surface area contributed by atoms with Crippen LogP contribution >= 0.6 is 0 Å². The molecule has 8 nitrogen and oxygen atoms in total. The van der Waals surface area contributed by atoms with Gasteiger partial charge in [0.25, 0.3) is 5.91 Å². The van der Waals surface area contributed by atoms with Gasteiger partial charge in [-0.05, 0) is 88.3 Å². The zero-order valence-corrected chi connectivity index (χ0v) is 21.8. The van der Waals surface area contributed by atoms with E-state index in [1.54, 1.807) is 18.3 Å². The van der Waals surface area contributed by atoms with Gasteiger partial charge in [-0.25, -0.2) is 9.97 Å². The number of pyridine rings is 2. The normalized spacial score (nSPS) is 14.9. The van der Waals surface area contributed by atoms with Crippen molar-refractivity contribution in [1.29, 1.82) is 0 Å². The number of carbonyl (C=O) groups excluding carboxylic acids is 1. The second-order valence-corrected chi connectivity index (χ2v) is 9.86. The zero-order chi connectivity index (χ0) is 27.7. The van der Waals surface area contributed by atoms with Gasteiger partial charge >= 0.3 is 6.18 Å². The molecule has 0 atom stereocenters.